The summed E-state index contributed by atoms with van der Waals surface area (Å²) in [5.74, 6) is -0.996. The molecule has 3 amide bonds. The zero-order chi connectivity index (χ0) is 15.1. The number of aliphatic hydroxyl groups excluding tert-OH is 1. The summed E-state index contributed by atoms with van der Waals surface area (Å²) in [6.45, 7) is 2.93. The minimum atomic E-state index is -0.590. The Labute approximate surface area is 116 Å². The topological polar surface area (TPSA) is 90.5 Å². The summed E-state index contributed by atoms with van der Waals surface area (Å²) in [7, 11) is 0. The highest BCUT2D eigenvalue weighted by molar-refractivity contribution is 5.92. The van der Waals surface area contributed by atoms with E-state index in [1.165, 1.54) is 19.1 Å². The van der Waals surface area contributed by atoms with E-state index in [-0.39, 0.29) is 18.3 Å². The fourth-order valence-corrected chi connectivity index (χ4v) is 1.52. The van der Waals surface area contributed by atoms with Crippen molar-refractivity contribution in [2.75, 3.05) is 17.2 Å². The van der Waals surface area contributed by atoms with Gasteiger partial charge in [-0.15, -0.1) is 0 Å². The predicted octanol–water partition coefficient (Wildman–Crippen LogP) is 1.68. The number of hydrogen-bond donors (Lipinski definition) is 4. The lowest BCUT2D eigenvalue weighted by Gasteiger charge is -2.15. The first-order valence-corrected chi connectivity index (χ1v) is 6.21. The molecule has 0 fully saturated rings. The lowest BCUT2D eigenvalue weighted by Crippen LogP contribution is -2.39. The fourth-order valence-electron chi connectivity index (χ4n) is 1.52. The fraction of sp³-hybridized carbons (Fsp3) is 0.385. The molecule has 1 unspecified atom stereocenters. The second kappa shape index (κ2) is 7.44. The molecule has 0 aliphatic rings. The van der Waals surface area contributed by atoms with Gasteiger partial charge in [-0.05, 0) is 24.6 Å². The van der Waals surface area contributed by atoms with Gasteiger partial charge in [0, 0.05) is 12.6 Å². The van der Waals surface area contributed by atoms with Gasteiger partial charge < -0.3 is 21.1 Å². The summed E-state index contributed by atoms with van der Waals surface area (Å²) in [5, 5.41) is 16.4. The third-order valence-corrected chi connectivity index (χ3v) is 2.58. The van der Waals surface area contributed by atoms with Gasteiger partial charge in [-0.3, -0.25) is 4.79 Å². The van der Waals surface area contributed by atoms with Crippen LogP contribution in [-0.2, 0) is 4.79 Å². The second-order valence-electron chi connectivity index (χ2n) is 4.26. The summed E-state index contributed by atoms with van der Waals surface area (Å²) < 4.78 is 13.4. The molecule has 1 rings (SSSR count). The number of benzene rings is 1. The number of urea groups is 1. The third-order valence-electron chi connectivity index (χ3n) is 2.58. The highest BCUT2D eigenvalue weighted by Gasteiger charge is 2.10. The van der Waals surface area contributed by atoms with Crippen LogP contribution in [0, 0.1) is 5.82 Å². The number of anilines is 2. The Morgan fingerprint density at radius 1 is 1.35 bits per heavy atom. The number of aliphatic hydroxyl groups is 1. The van der Waals surface area contributed by atoms with Crippen molar-refractivity contribution in [2.45, 2.75) is 26.3 Å². The molecule has 1 aromatic carbocycles. The first kappa shape index (κ1) is 15.9. The van der Waals surface area contributed by atoms with Crippen LogP contribution in [0.3, 0.4) is 0 Å². The molecule has 0 bridgehead atoms. The van der Waals surface area contributed by atoms with E-state index in [1.54, 1.807) is 0 Å². The number of carbonyl (C=O) groups is 2. The molecular formula is C13H18FN3O3. The highest BCUT2D eigenvalue weighted by Crippen LogP contribution is 2.19. The van der Waals surface area contributed by atoms with Crippen LogP contribution in [0.25, 0.3) is 0 Å². The van der Waals surface area contributed by atoms with E-state index in [4.69, 9.17) is 5.11 Å². The molecule has 1 aromatic rings. The Hall–Kier alpha value is -2.15. The van der Waals surface area contributed by atoms with Crippen LogP contribution in [0.2, 0.25) is 0 Å². The van der Waals surface area contributed by atoms with E-state index in [0.717, 1.165) is 6.07 Å². The van der Waals surface area contributed by atoms with Crippen LogP contribution in [-0.4, -0.2) is 29.7 Å². The standard InChI is InChI=1S/C13H18FN3O3/c1-3-9(7-18)16-13(20)17-10-4-5-11(14)12(6-10)15-8(2)19/h4-6,9,18H,3,7H2,1-2H3,(H,15,19)(H2,16,17,20). The molecule has 7 heteroatoms. The lowest BCUT2D eigenvalue weighted by atomic mass is 10.2. The van der Waals surface area contributed by atoms with Crippen molar-refractivity contribution < 1.29 is 19.1 Å². The summed E-state index contributed by atoms with van der Waals surface area (Å²) in [5.41, 5.74) is 0.324. The maximum absolute atomic E-state index is 13.4. The minimum Gasteiger partial charge on any atom is -0.394 e. The summed E-state index contributed by atoms with van der Waals surface area (Å²) in [6.07, 6.45) is 0.588. The van der Waals surface area contributed by atoms with Crippen LogP contribution < -0.4 is 16.0 Å². The van der Waals surface area contributed by atoms with E-state index in [1.807, 2.05) is 6.92 Å². The third kappa shape index (κ3) is 4.85. The Kier molecular flexibility index (Phi) is 5.92. The van der Waals surface area contributed by atoms with E-state index < -0.39 is 17.8 Å². The SMILES string of the molecule is CCC(CO)NC(=O)Nc1ccc(F)c(NC(C)=O)c1. The number of halogens is 1. The first-order chi connectivity index (χ1) is 9.46. The van der Waals surface area contributed by atoms with Crippen molar-refractivity contribution in [1.82, 2.24) is 5.32 Å². The Morgan fingerprint density at radius 3 is 2.60 bits per heavy atom. The van der Waals surface area contributed by atoms with E-state index in [9.17, 15) is 14.0 Å². The van der Waals surface area contributed by atoms with Crippen molar-refractivity contribution in [2.24, 2.45) is 0 Å². The average Bonchev–Trinajstić information content (AvgIpc) is 2.39. The van der Waals surface area contributed by atoms with Gasteiger partial charge in [0.15, 0.2) is 0 Å². The molecule has 0 heterocycles. The molecule has 0 radical (unpaired) electrons. The number of carbonyl (C=O) groups excluding carboxylic acids is 2. The number of hydrogen-bond acceptors (Lipinski definition) is 3. The Morgan fingerprint density at radius 2 is 2.05 bits per heavy atom. The molecule has 0 saturated heterocycles. The zero-order valence-corrected chi connectivity index (χ0v) is 11.4. The van der Waals surface area contributed by atoms with Crippen molar-refractivity contribution in [3.8, 4) is 0 Å². The molecule has 20 heavy (non-hydrogen) atoms. The maximum Gasteiger partial charge on any atom is 0.319 e. The quantitative estimate of drug-likeness (QED) is 0.662. The molecule has 110 valence electrons. The molecule has 0 aliphatic heterocycles. The number of rotatable bonds is 5. The van der Waals surface area contributed by atoms with Gasteiger partial charge in [-0.1, -0.05) is 6.92 Å². The molecule has 0 aliphatic carbocycles. The van der Waals surface area contributed by atoms with Gasteiger partial charge in [0.2, 0.25) is 5.91 Å². The van der Waals surface area contributed by atoms with Crippen molar-refractivity contribution >= 4 is 23.3 Å². The van der Waals surface area contributed by atoms with Gasteiger partial charge in [-0.2, -0.15) is 0 Å². The van der Waals surface area contributed by atoms with Crippen molar-refractivity contribution in [3.63, 3.8) is 0 Å². The summed E-state index contributed by atoms with van der Waals surface area (Å²) in [6, 6.07) is 2.98. The summed E-state index contributed by atoms with van der Waals surface area (Å²) >= 11 is 0. The number of nitrogens with one attached hydrogen (secondary N) is 3. The van der Waals surface area contributed by atoms with Crippen LogP contribution in [0.1, 0.15) is 20.3 Å². The highest BCUT2D eigenvalue weighted by atomic mass is 19.1. The zero-order valence-electron chi connectivity index (χ0n) is 11.4. The average molecular weight is 283 g/mol. The maximum atomic E-state index is 13.4. The van der Waals surface area contributed by atoms with Crippen LogP contribution >= 0.6 is 0 Å². The molecule has 0 spiro atoms. The Balaban J connectivity index is 2.72. The normalized spacial score (nSPS) is 11.6. The molecule has 1 atom stereocenters. The Bertz CT molecular complexity index is 490. The van der Waals surface area contributed by atoms with Gasteiger partial charge in [-0.25, -0.2) is 9.18 Å². The summed E-state index contributed by atoms with van der Waals surface area (Å²) in [4.78, 5) is 22.6. The predicted molar refractivity (Wildman–Crippen MR) is 74.0 cm³/mol. The van der Waals surface area contributed by atoms with E-state index in [2.05, 4.69) is 16.0 Å². The minimum absolute atomic E-state index is 0.00972. The molecule has 0 aromatic heterocycles. The molecular weight excluding hydrogens is 265 g/mol. The van der Waals surface area contributed by atoms with Crippen LogP contribution in [0.4, 0.5) is 20.6 Å². The van der Waals surface area contributed by atoms with Gasteiger partial charge >= 0.3 is 6.03 Å². The largest absolute Gasteiger partial charge is 0.394 e. The molecule has 4 N–H and O–H groups in total. The lowest BCUT2D eigenvalue weighted by molar-refractivity contribution is -0.114. The van der Waals surface area contributed by atoms with Crippen LogP contribution in [0.5, 0.6) is 0 Å². The van der Waals surface area contributed by atoms with Crippen molar-refractivity contribution in [1.29, 1.82) is 0 Å². The van der Waals surface area contributed by atoms with Crippen molar-refractivity contribution in [3.05, 3.63) is 24.0 Å². The van der Waals surface area contributed by atoms with E-state index in [0.29, 0.717) is 12.1 Å². The monoisotopic (exact) mass is 283 g/mol. The molecule has 6 nitrogen and oxygen atoms in total. The smallest absolute Gasteiger partial charge is 0.319 e. The van der Waals surface area contributed by atoms with E-state index >= 15 is 0 Å². The van der Waals surface area contributed by atoms with Crippen LogP contribution in [0.15, 0.2) is 18.2 Å². The number of amides is 3. The molecule has 0 saturated carbocycles. The van der Waals surface area contributed by atoms with Gasteiger partial charge in [0.25, 0.3) is 0 Å². The van der Waals surface area contributed by atoms with Gasteiger partial charge in [0.1, 0.15) is 5.82 Å². The first-order valence-electron chi connectivity index (χ1n) is 6.21. The second-order valence-corrected chi connectivity index (χ2v) is 4.26. The van der Waals surface area contributed by atoms with Gasteiger partial charge in [0.05, 0.1) is 18.3 Å².